The van der Waals surface area contributed by atoms with Crippen LogP contribution < -0.4 is 10.1 Å². The maximum Gasteiger partial charge on any atom is 0.228 e. The number of fused-ring (bicyclic) bond motifs is 1. The molecule has 2 aromatic heterocycles. The van der Waals surface area contributed by atoms with Crippen molar-refractivity contribution in [3.05, 3.63) is 48.2 Å². The molecule has 1 fully saturated rings. The molecular formula is C19H19N3O2. The van der Waals surface area contributed by atoms with Crippen molar-refractivity contribution in [2.24, 2.45) is 5.92 Å². The Kier molecular flexibility index (Phi) is 3.49. The van der Waals surface area contributed by atoms with Gasteiger partial charge in [0.2, 0.25) is 5.91 Å². The van der Waals surface area contributed by atoms with Crippen LogP contribution in [0.5, 0.6) is 5.75 Å². The number of hydrogen-bond acceptors (Lipinski definition) is 3. The number of hydrogen-bond donors (Lipinski definition) is 1. The predicted molar refractivity (Wildman–Crippen MR) is 93.3 cm³/mol. The van der Waals surface area contributed by atoms with Gasteiger partial charge in [-0.3, -0.25) is 9.20 Å². The highest BCUT2D eigenvalue weighted by Gasteiger charge is 2.31. The van der Waals surface area contributed by atoms with Crippen LogP contribution in [0.1, 0.15) is 18.4 Å². The average molecular weight is 321 g/mol. The first kappa shape index (κ1) is 14.8. The molecule has 4 rings (SSSR count). The first-order chi connectivity index (χ1) is 11.7. The van der Waals surface area contributed by atoms with Crippen LogP contribution in [0.2, 0.25) is 0 Å². The number of amides is 1. The van der Waals surface area contributed by atoms with Crippen molar-refractivity contribution in [1.29, 1.82) is 0 Å². The summed E-state index contributed by atoms with van der Waals surface area (Å²) in [5, 5.41) is 3.08. The van der Waals surface area contributed by atoms with Crippen LogP contribution in [0.25, 0.3) is 16.9 Å². The van der Waals surface area contributed by atoms with Crippen molar-refractivity contribution in [2.75, 3.05) is 12.4 Å². The maximum absolute atomic E-state index is 12.3. The Hall–Kier alpha value is -2.82. The highest BCUT2D eigenvalue weighted by molar-refractivity contribution is 5.97. The lowest BCUT2D eigenvalue weighted by atomic mass is 10.1. The Morgan fingerprint density at radius 1 is 1.21 bits per heavy atom. The Morgan fingerprint density at radius 3 is 2.62 bits per heavy atom. The summed E-state index contributed by atoms with van der Waals surface area (Å²) in [6.45, 7) is 2.03. The molecule has 5 heteroatoms. The number of rotatable bonds is 4. The van der Waals surface area contributed by atoms with Crippen LogP contribution in [0.3, 0.4) is 0 Å². The number of nitrogens with one attached hydrogen (secondary N) is 1. The second-order valence-corrected chi connectivity index (χ2v) is 6.24. The van der Waals surface area contributed by atoms with Crippen LogP contribution in [0.4, 0.5) is 5.82 Å². The fraction of sp³-hybridized carbons (Fsp3) is 0.263. The van der Waals surface area contributed by atoms with E-state index in [1.54, 1.807) is 7.11 Å². The Labute approximate surface area is 140 Å². The topological polar surface area (TPSA) is 55.6 Å². The molecule has 0 radical (unpaired) electrons. The number of aromatic nitrogens is 2. The van der Waals surface area contributed by atoms with E-state index in [2.05, 4.69) is 5.32 Å². The number of carbonyl (C=O) groups is 1. The lowest BCUT2D eigenvalue weighted by Crippen LogP contribution is -2.15. The van der Waals surface area contributed by atoms with Crippen molar-refractivity contribution >= 4 is 17.4 Å². The Morgan fingerprint density at radius 2 is 1.96 bits per heavy atom. The number of methoxy groups -OCH3 is 1. The van der Waals surface area contributed by atoms with E-state index in [9.17, 15) is 4.79 Å². The first-order valence-electron chi connectivity index (χ1n) is 8.10. The number of nitrogens with zero attached hydrogens (tertiary/aromatic N) is 2. The van der Waals surface area contributed by atoms with Gasteiger partial charge < -0.3 is 10.1 Å². The first-order valence-corrected chi connectivity index (χ1v) is 8.10. The van der Waals surface area contributed by atoms with Gasteiger partial charge in [-0.05, 0) is 55.7 Å². The van der Waals surface area contributed by atoms with Crippen molar-refractivity contribution in [1.82, 2.24) is 9.38 Å². The molecule has 0 atom stereocenters. The standard InChI is InChI=1S/C19H19N3O2/c1-12-3-10-16-20-17(13-6-8-15(24-2)9-7-13)18(22(16)11-12)21-19(23)14-4-5-14/h3,6-11,14H,4-5H2,1-2H3,(H,21,23). The van der Waals surface area contributed by atoms with E-state index < -0.39 is 0 Å². The van der Waals surface area contributed by atoms with Crippen molar-refractivity contribution in [2.45, 2.75) is 19.8 Å². The molecule has 1 saturated carbocycles. The molecule has 2 heterocycles. The van der Waals surface area contributed by atoms with E-state index in [4.69, 9.17) is 9.72 Å². The van der Waals surface area contributed by atoms with Crippen LogP contribution in [-0.2, 0) is 4.79 Å². The molecule has 3 aromatic rings. The number of anilines is 1. The lowest BCUT2D eigenvalue weighted by molar-refractivity contribution is -0.117. The molecule has 1 aliphatic rings. The summed E-state index contributed by atoms with van der Waals surface area (Å²) in [7, 11) is 1.64. The smallest absolute Gasteiger partial charge is 0.228 e. The van der Waals surface area contributed by atoms with Gasteiger partial charge in [0.15, 0.2) is 0 Å². The van der Waals surface area contributed by atoms with Gasteiger partial charge in [-0.2, -0.15) is 0 Å². The highest BCUT2D eigenvalue weighted by Crippen LogP contribution is 2.34. The van der Waals surface area contributed by atoms with E-state index in [0.29, 0.717) is 0 Å². The van der Waals surface area contributed by atoms with E-state index in [1.807, 2.05) is 53.9 Å². The summed E-state index contributed by atoms with van der Waals surface area (Å²) in [4.78, 5) is 17.0. The zero-order valence-electron chi connectivity index (χ0n) is 13.7. The van der Waals surface area contributed by atoms with Crippen molar-refractivity contribution in [3.63, 3.8) is 0 Å². The molecule has 1 aromatic carbocycles. The number of ether oxygens (including phenoxy) is 1. The third-order valence-electron chi connectivity index (χ3n) is 4.32. The molecule has 1 aliphatic carbocycles. The fourth-order valence-corrected chi connectivity index (χ4v) is 2.78. The molecule has 1 amide bonds. The third-order valence-corrected chi connectivity index (χ3v) is 4.32. The lowest BCUT2D eigenvalue weighted by Gasteiger charge is -2.08. The zero-order valence-corrected chi connectivity index (χ0v) is 13.7. The molecular weight excluding hydrogens is 302 g/mol. The van der Waals surface area contributed by atoms with E-state index in [-0.39, 0.29) is 11.8 Å². The monoisotopic (exact) mass is 321 g/mol. The van der Waals surface area contributed by atoms with Gasteiger partial charge in [0.1, 0.15) is 22.9 Å². The minimum atomic E-state index is 0.0769. The van der Waals surface area contributed by atoms with Gasteiger partial charge in [0, 0.05) is 17.7 Å². The summed E-state index contributed by atoms with van der Waals surface area (Å²) in [5.41, 5.74) is 3.65. The number of imidazole rings is 1. The summed E-state index contributed by atoms with van der Waals surface area (Å²) < 4.78 is 7.17. The van der Waals surface area contributed by atoms with Crippen LogP contribution >= 0.6 is 0 Å². The average Bonchev–Trinajstić information content (AvgIpc) is 3.39. The predicted octanol–water partition coefficient (Wildman–Crippen LogP) is 3.67. The summed E-state index contributed by atoms with van der Waals surface area (Å²) in [5.74, 6) is 1.75. The van der Waals surface area contributed by atoms with Gasteiger partial charge in [-0.15, -0.1) is 0 Å². The normalized spacial score (nSPS) is 13.9. The molecule has 5 nitrogen and oxygen atoms in total. The van der Waals surface area contributed by atoms with Crippen LogP contribution in [0, 0.1) is 12.8 Å². The Bertz CT molecular complexity index is 908. The number of pyridine rings is 1. The zero-order chi connectivity index (χ0) is 16.7. The molecule has 0 spiro atoms. The minimum absolute atomic E-state index is 0.0769. The quantitative estimate of drug-likeness (QED) is 0.798. The second-order valence-electron chi connectivity index (χ2n) is 6.24. The van der Waals surface area contributed by atoms with Crippen LogP contribution in [0.15, 0.2) is 42.6 Å². The van der Waals surface area contributed by atoms with E-state index in [0.717, 1.165) is 46.9 Å². The second kappa shape index (κ2) is 5.67. The molecule has 24 heavy (non-hydrogen) atoms. The van der Waals surface area contributed by atoms with Gasteiger partial charge in [0.05, 0.1) is 7.11 Å². The highest BCUT2D eigenvalue weighted by atomic mass is 16.5. The molecule has 0 aliphatic heterocycles. The fourth-order valence-electron chi connectivity index (χ4n) is 2.78. The maximum atomic E-state index is 12.3. The third kappa shape index (κ3) is 2.62. The summed E-state index contributed by atoms with van der Waals surface area (Å²) in [6.07, 6.45) is 3.94. The Balaban J connectivity index is 1.84. The molecule has 122 valence electrons. The van der Waals surface area contributed by atoms with Crippen molar-refractivity contribution in [3.8, 4) is 17.0 Å². The van der Waals surface area contributed by atoms with E-state index in [1.165, 1.54) is 0 Å². The number of aryl methyl sites for hydroxylation is 1. The summed E-state index contributed by atoms with van der Waals surface area (Å²) >= 11 is 0. The van der Waals surface area contributed by atoms with Crippen LogP contribution in [-0.4, -0.2) is 22.4 Å². The molecule has 0 saturated heterocycles. The number of carbonyl (C=O) groups excluding carboxylic acids is 1. The van der Waals surface area contributed by atoms with Gasteiger partial charge >= 0.3 is 0 Å². The molecule has 1 N–H and O–H groups in total. The molecule has 0 bridgehead atoms. The minimum Gasteiger partial charge on any atom is -0.497 e. The largest absolute Gasteiger partial charge is 0.497 e. The van der Waals surface area contributed by atoms with Gasteiger partial charge in [0.25, 0.3) is 0 Å². The summed E-state index contributed by atoms with van der Waals surface area (Å²) in [6, 6.07) is 11.7. The van der Waals surface area contributed by atoms with Gasteiger partial charge in [-0.1, -0.05) is 6.07 Å². The van der Waals surface area contributed by atoms with E-state index >= 15 is 0 Å². The SMILES string of the molecule is COc1ccc(-c2nc3ccc(C)cn3c2NC(=O)C2CC2)cc1. The molecule has 0 unspecified atom stereocenters. The van der Waals surface area contributed by atoms with Gasteiger partial charge in [-0.25, -0.2) is 4.98 Å². The number of benzene rings is 1. The van der Waals surface area contributed by atoms with Crippen molar-refractivity contribution < 1.29 is 9.53 Å².